The number of carbonyl (C=O) groups is 3. The number of phenolic OH excluding ortho intramolecular Hbond substituents is 1. The second-order valence-corrected chi connectivity index (χ2v) is 10.3. The fourth-order valence-electron chi connectivity index (χ4n) is 6.20. The summed E-state index contributed by atoms with van der Waals surface area (Å²) in [6, 6.07) is 1.46. The molecule has 6 N–H and O–H groups in total. The molecule has 0 aromatic heterocycles. The summed E-state index contributed by atoms with van der Waals surface area (Å²) in [6.45, 7) is 2.39. The Labute approximate surface area is 206 Å². The molecule has 35 heavy (non-hydrogen) atoms. The van der Waals surface area contributed by atoms with Gasteiger partial charge in [0.05, 0.1) is 5.56 Å². The van der Waals surface area contributed by atoms with Gasteiger partial charge in [0.15, 0.2) is 11.4 Å². The Morgan fingerprint density at radius 2 is 1.83 bits per heavy atom. The summed E-state index contributed by atoms with van der Waals surface area (Å²) in [6.07, 6.45) is 3.37. The Morgan fingerprint density at radius 1 is 1.14 bits per heavy atom. The molecule has 1 amide bonds. The molecule has 5 rings (SSSR count). The van der Waals surface area contributed by atoms with Crippen molar-refractivity contribution in [2.75, 3.05) is 13.1 Å². The molecule has 0 spiro atoms. The topological polar surface area (TPSA) is 161 Å². The zero-order chi connectivity index (χ0) is 25.2. The van der Waals surface area contributed by atoms with Gasteiger partial charge in [-0.1, -0.05) is 18.0 Å². The van der Waals surface area contributed by atoms with Crippen molar-refractivity contribution < 1.29 is 34.8 Å². The monoisotopic (exact) mass is 502 g/mol. The van der Waals surface area contributed by atoms with Gasteiger partial charge in [-0.3, -0.25) is 19.3 Å². The summed E-state index contributed by atoms with van der Waals surface area (Å²) in [5, 5.41) is 43.8. The van der Waals surface area contributed by atoms with Crippen molar-refractivity contribution in [1.82, 2.24) is 4.90 Å². The SMILES string of the molecule is NC(=O)C1=C(O)C[C@@H]2C[C@@H]3Cc4c(Cl)c(CN5CCCCC5)cc(O)c4C(=O)C3=C(O)[C@]2(O)C1=O. The number of halogens is 1. The molecule has 0 saturated carbocycles. The van der Waals surface area contributed by atoms with E-state index in [9.17, 15) is 34.8 Å². The normalized spacial score (nSPS) is 29.1. The number of carbonyl (C=O) groups excluding carboxylic acids is 3. The predicted molar refractivity (Wildman–Crippen MR) is 125 cm³/mol. The second-order valence-electron chi connectivity index (χ2n) is 9.97. The standard InChI is InChI=1S/C25H27ClN2O7/c26-20-12(10-28-4-2-1-3-5-28)8-15(29)18-14(20)7-11-6-13-9-16(30)19(24(27)34)23(33)25(13,35)22(32)17(11)21(18)31/h8,11,13,29-30,32,35H,1-7,9-10H2,(H2,27,34)/t11-,13+,25+/m1/s1. The van der Waals surface area contributed by atoms with Crippen LogP contribution in [0, 0.1) is 11.8 Å². The van der Waals surface area contributed by atoms with E-state index in [2.05, 4.69) is 4.90 Å². The van der Waals surface area contributed by atoms with Crippen LogP contribution in [0.1, 0.15) is 53.6 Å². The molecule has 10 heteroatoms. The van der Waals surface area contributed by atoms with Crippen LogP contribution in [0.15, 0.2) is 28.7 Å². The van der Waals surface area contributed by atoms with Crippen LogP contribution in [0.4, 0.5) is 0 Å². The average molecular weight is 503 g/mol. The molecule has 1 saturated heterocycles. The zero-order valence-electron chi connectivity index (χ0n) is 19.0. The highest BCUT2D eigenvalue weighted by molar-refractivity contribution is 6.33. The zero-order valence-corrected chi connectivity index (χ0v) is 19.8. The van der Waals surface area contributed by atoms with Gasteiger partial charge in [-0.2, -0.15) is 0 Å². The van der Waals surface area contributed by atoms with E-state index < -0.39 is 52.0 Å². The van der Waals surface area contributed by atoms with Crippen molar-refractivity contribution >= 4 is 29.1 Å². The first-order valence-electron chi connectivity index (χ1n) is 11.8. The number of ketones is 2. The number of phenols is 1. The summed E-state index contributed by atoms with van der Waals surface area (Å²) in [5.74, 6) is -6.45. The lowest BCUT2D eigenvalue weighted by Crippen LogP contribution is -2.57. The molecule has 1 fully saturated rings. The number of aliphatic hydroxyl groups is 3. The second kappa shape index (κ2) is 8.36. The van der Waals surface area contributed by atoms with Gasteiger partial charge in [0.2, 0.25) is 5.78 Å². The van der Waals surface area contributed by atoms with Crippen molar-refractivity contribution in [3.8, 4) is 5.75 Å². The first-order chi connectivity index (χ1) is 16.6. The van der Waals surface area contributed by atoms with Crippen LogP contribution in [-0.2, 0) is 22.6 Å². The van der Waals surface area contributed by atoms with E-state index in [4.69, 9.17) is 17.3 Å². The van der Waals surface area contributed by atoms with Crippen LogP contribution in [0.5, 0.6) is 5.75 Å². The third-order valence-electron chi connectivity index (χ3n) is 7.91. The molecule has 0 bridgehead atoms. The fraction of sp³-hybridized carbons (Fsp3) is 0.480. The van der Waals surface area contributed by atoms with E-state index >= 15 is 0 Å². The highest BCUT2D eigenvalue weighted by Crippen LogP contribution is 2.52. The minimum Gasteiger partial charge on any atom is -0.511 e. The van der Waals surface area contributed by atoms with Crippen LogP contribution in [0.3, 0.4) is 0 Å². The molecule has 1 aromatic rings. The number of allylic oxidation sites excluding steroid dienone is 2. The lowest BCUT2D eigenvalue weighted by atomic mass is 9.60. The fourth-order valence-corrected chi connectivity index (χ4v) is 6.48. The lowest BCUT2D eigenvalue weighted by Gasteiger charge is -2.45. The number of likely N-dealkylation sites (tertiary alicyclic amines) is 1. The number of fused-ring (bicyclic) bond motifs is 3. The Kier molecular flexibility index (Phi) is 5.69. The molecule has 1 heterocycles. The number of rotatable bonds is 3. The highest BCUT2D eigenvalue weighted by atomic mass is 35.5. The van der Waals surface area contributed by atoms with Gasteiger partial charge in [-0.15, -0.1) is 0 Å². The van der Waals surface area contributed by atoms with E-state index in [0.717, 1.165) is 25.9 Å². The third-order valence-corrected chi connectivity index (χ3v) is 8.38. The van der Waals surface area contributed by atoms with Crippen molar-refractivity contribution in [3.05, 3.63) is 50.4 Å². The summed E-state index contributed by atoms with van der Waals surface area (Å²) >= 11 is 6.74. The van der Waals surface area contributed by atoms with Crippen molar-refractivity contribution in [1.29, 1.82) is 0 Å². The third kappa shape index (κ3) is 3.48. The largest absolute Gasteiger partial charge is 0.511 e. The lowest BCUT2D eigenvalue weighted by molar-refractivity contribution is -0.144. The molecule has 0 radical (unpaired) electrons. The summed E-state index contributed by atoms with van der Waals surface area (Å²) in [7, 11) is 0. The minimum absolute atomic E-state index is 0.0611. The van der Waals surface area contributed by atoms with Gasteiger partial charge in [-0.05, 0) is 61.9 Å². The average Bonchev–Trinajstić information content (AvgIpc) is 2.80. The van der Waals surface area contributed by atoms with Crippen LogP contribution >= 0.6 is 11.6 Å². The number of nitrogens with two attached hydrogens (primary N) is 1. The minimum atomic E-state index is -2.57. The van der Waals surface area contributed by atoms with Gasteiger partial charge in [-0.25, -0.2) is 0 Å². The molecule has 1 aromatic carbocycles. The first-order valence-corrected chi connectivity index (χ1v) is 12.2. The molecule has 186 valence electrons. The van der Waals surface area contributed by atoms with Crippen molar-refractivity contribution in [2.24, 2.45) is 17.6 Å². The Hall–Kier alpha value is -2.88. The van der Waals surface area contributed by atoms with Gasteiger partial charge < -0.3 is 26.2 Å². The van der Waals surface area contributed by atoms with Crippen LogP contribution in [0.25, 0.3) is 0 Å². The van der Waals surface area contributed by atoms with Gasteiger partial charge in [0.25, 0.3) is 5.91 Å². The molecule has 4 aliphatic rings. The van der Waals surface area contributed by atoms with Gasteiger partial charge in [0.1, 0.15) is 22.8 Å². The Morgan fingerprint density at radius 3 is 2.49 bits per heavy atom. The maximum atomic E-state index is 13.5. The number of hydrogen-bond donors (Lipinski definition) is 5. The number of aromatic hydroxyl groups is 1. The summed E-state index contributed by atoms with van der Waals surface area (Å²) in [4.78, 5) is 40.5. The van der Waals surface area contributed by atoms with Gasteiger partial charge >= 0.3 is 0 Å². The molecule has 3 aliphatic carbocycles. The van der Waals surface area contributed by atoms with E-state index in [1.165, 1.54) is 12.5 Å². The molecular weight excluding hydrogens is 476 g/mol. The number of nitrogens with zero attached hydrogens (tertiary/aromatic N) is 1. The molecule has 0 unspecified atom stereocenters. The number of Topliss-reactive ketones (excluding diaryl/α,β-unsaturated/α-hetero) is 2. The first kappa shape index (κ1) is 23.8. The highest BCUT2D eigenvalue weighted by Gasteiger charge is 2.59. The summed E-state index contributed by atoms with van der Waals surface area (Å²) in [5.41, 5.74) is 2.78. The predicted octanol–water partition coefficient (Wildman–Crippen LogP) is 2.22. The maximum absolute atomic E-state index is 13.5. The maximum Gasteiger partial charge on any atom is 0.255 e. The van der Waals surface area contributed by atoms with Crippen molar-refractivity contribution in [2.45, 2.75) is 50.7 Å². The number of amides is 1. The number of aliphatic hydroxyl groups excluding tert-OH is 2. The number of benzene rings is 1. The Balaban J connectivity index is 1.58. The molecule has 3 atom stereocenters. The van der Waals surface area contributed by atoms with Crippen LogP contribution in [0.2, 0.25) is 5.02 Å². The van der Waals surface area contributed by atoms with E-state index in [1.54, 1.807) is 0 Å². The molecule has 9 nitrogen and oxygen atoms in total. The van der Waals surface area contributed by atoms with Gasteiger partial charge in [0, 0.05) is 29.5 Å². The molecule has 1 aliphatic heterocycles. The van der Waals surface area contributed by atoms with Crippen molar-refractivity contribution in [3.63, 3.8) is 0 Å². The number of hydrogen-bond acceptors (Lipinski definition) is 8. The van der Waals surface area contributed by atoms with Crippen LogP contribution in [-0.4, -0.2) is 61.5 Å². The molecular formula is C25H27ClN2O7. The van der Waals surface area contributed by atoms with E-state index in [0.29, 0.717) is 22.7 Å². The van der Waals surface area contributed by atoms with Crippen LogP contribution < -0.4 is 5.73 Å². The van der Waals surface area contributed by atoms with E-state index in [1.807, 2.05) is 0 Å². The number of piperidine rings is 1. The Bertz CT molecular complexity index is 1230. The quantitative estimate of drug-likeness (QED) is 0.393. The smallest absolute Gasteiger partial charge is 0.255 e. The number of primary amides is 1. The summed E-state index contributed by atoms with van der Waals surface area (Å²) < 4.78 is 0. The van der Waals surface area contributed by atoms with E-state index in [-0.39, 0.29) is 36.1 Å².